The maximum Gasteiger partial charge on any atom is 0.251 e. The number of methoxy groups -OCH3 is 1. The Morgan fingerprint density at radius 3 is 2.50 bits per heavy atom. The highest BCUT2D eigenvalue weighted by Crippen LogP contribution is 2.11. The minimum Gasteiger partial charge on any atom is -0.396 e. The first-order chi connectivity index (χ1) is 7.47. The zero-order chi connectivity index (χ0) is 12.6. The largest absolute Gasteiger partial charge is 0.396 e. The maximum absolute atomic E-state index is 11.7. The molecule has 0 fully saturated rings. The van der Waals surface area contributed by atoms with E-state index in [1.165, 1.54) is 7.11 Å². The minimum absolute atomic E-state index is 0.103. The molecule has 16 heavy (non-hydrogen) atoms. The lowest BCUT2D eigenvalue weighted by molar-refractivity contribution is -0.139. The van der Waals surface area contributed by atoms with Gasteiger partial charge in [-0.15, -0.1) is 0 Å². The van der Waals surface area contributed by atoms with Gasteiger partial charge in [-0.05, 0) is 32.6 Å². The van der Waals surface area contributed by atoms with Gasteiger partial charge in [0.25, 0.3) is 5.91 Å². The number of hydrogen-bond acceptors (Lipinski definition) is 3. The lowest BCUT2D eigenvalue weighted by Gasteiger charge is -2.23. The Bertz CT molecular complexity index is 198. The molecule has 0 radical (unpaired) electrons. The Hall–Kier alpha value is -0.610. The molecule has 0 rings (SSSR count). The Labute approximate surface area is 98.4 Å². The summed E-state index contributed by atoms with van der Waals surface area (Å²) in [7, 11) is 1.52. The van der Waals surface area contributed by atoms with Gasteiger partial charge in [0.15, 0.2) is 0 Å². The van der Waals surface area contributed by atoms with Gasteiger partial charge in [0.1, 0.15) is 5.60 Å². The topological polar surface area (TPSA) is 58.6 Å². The van der Waals surface area contributed by atoms with E-state index in [9.17, 15) is 4.79 Å². The molecule has 0 aromatic heterocycles. The molecule has 0 heterocycles. The second-order valence-electron chi connectivity index (χ2n) is 4.59. The van der Waals surface area contributed by atoms with Crippen molar-refractivity contribution in [2.75, 3.05) is 20.3 Å². The van der Waals surface area contributed by atoms with Gasteiger partial charge in [-0.2, -0.15) is 0 Å². The summed E-state index contributed by atoms with van der Waals surface area (Å²) in [6.07, 6.45) is 2.82. The van der Waals surface area contributed by atoms with Crippen molar-refractivity contribution in [3.05, 3.63) is 0 Å². The van der Waals surface area contributed by atoms with Gasteiger partial charge < -0.3 is 15.2 Å². The molecule has 2 N–H and O–H groups in total. The lowest BCUT2D eigenvalue weighted by Crippen LogP contribution is -2.45. The fraction of sp³-hybridized carbons (Fsp3) is 0.917. The summed E-state index contributed by atoms with van der Waals surface area (Å²) in [5, 5.41) is 11.8. The van der Waals surface area contributed by atoms with Gasteiger partial charge in [0, 0.05) is 20.3 Å². The molecule has 0 saturated heterocycles. The maximum atomic E-state index is 11.7. The summed E-state index contributed by atoms with van der Waals surface area (Å²) in [5.41, 5.74) is -0.782. The van der Waals surface area contributed by atoms with Crippen LogP contribution in [0.3, 0.4) is 0 Å². The van der Waals surface area contributed by atoms with Gasteiger partial charge >= 0.3 is 0 Å². The molecular formula is C12H25NO3. The zero-order valence-corrected chi connectivity index (χ0v) is 10.9. The van der Waals surface area contributed by atoms with Crippen LogP contribution < -0.4 is 5.32 Å². The Kier molecular flexibility index (Phi) is 7.34. The van der Waals surface area contributed by atoms with Gasteiger partial charge in [-0.3, -0.25) is 4.79 Å². The van der Waals surface area contributed by atoms with E-state index in [0.717, 1.165) is 19.3 Å². The van der Waals surface area contributed by atoms with Gasteiger partial charge in [0.05, 0.1) is 0 Å². The van der Waals surface area contributed by atoms with Crippen LogP contribution in [0.15, 0.2) is 0 Å². The van der Waals surface area contributed by atoms with E-state index in [0.29, 0.717) is 12.5 Å². The number of nitrogens with one attached hydrogen (secondary N) is 1. The molecule has 4 heteroatoms. The lowest BCUT2D eigenvalue weighted by atomic mass is 9.99. The normalized spacial score (nSPS) is 13.6. The molecule has 0 aromatic rings. The molecule has 0 aliphatic carbocycles. The summed E-state index contributed by atoms with van der Waals surface area (Å²) >= 11 is 0. The Morgan fingerprint density at radius 2 is 2.06 bits per heavy atom. The first-order valence-corrected chi connectivity index (χ1v) is 5.92. The van der Waals surface area contributed by atoms with Crippen molar-refractivity contribution in [3.8, 4) is 0 Å². The number of carbonyl (C=O) groups excluding carboxylic acids is 1. The Morgan fingerprint density at radius 1 is 1.44 bits per heavy atom. The molecule has 0 saturated carbocycles. The van der Waals surface area contributed by atoms with Crippen LogP contribution in [-0.4, -0.2) is 36.9 Å². The van der Waals surface area contributed by atoms with Gasteiger partial charge in [-0.25, -0.2) is 0 Å². The number of ether oxygens (including phenoxy) is 1. The molecule has 0 spiro atoms. The monoisotopic (exact) mass is 231 g/mol. The summed E-state index contributed by atoms with van der Waals surface area (Å²) < 4.78 is 5.09. The van der Waals surface area contributed by atoms with Gasteiger partial charge in [-0.1, -0.05) is 13.3 Å². The molecule has 1 atom stereocenters. The zero-order valence-electron chi connectivity index (χ0n) is 10.9. The van der Waals surface area contributed by atoms with Crippen molar-refractivity contribution >= 4 is 5.91 Å². The molecule has 1 unspecified atom stereocenters. The molecule has 0 bridgehead atoms. The van der Waals surface area contributed by atoms with Crippen LogP contribution in [-0.2, 0) is 9.53 Å². The number of rotatable bonds is 8. The predicted molar refractivity (Wildman–Crippen MR) is 64.2 cm³/mol. The predicted octanol–water partition coefficient (Wildman–Crippen LogP) is 1.33. The third-order valence-corrected chi connectivity index (χ3v) is 2.84. The highest BCUT2D eigenvalue weighted by atomic mass is 16.5. The first kappa shape index (κ1) is 15.4. The fourth-order valence-electron chi connectivity index (χ4n) is 1.48. The molecule has 4 nitrogen and oxygen atoms in total. The molecule has 0 aromatic carbocycles. The van der Waals surface area contributed by atoms with Crippen LogP contribution in [0.4, 0.5) is 0 Å². The highest BCUT2D eigenvalue weighted by Gasteiger charge is 2.26. The molecule has 0 aliphatic rings. The minimum atomic E-state index is -0.782. The number of carbonyl (C=O) groups is 1. The van der Waals surface area contributed by atoms with E-state index in [2.05, 4.69) is 12.2 Å². The van der Waals surface area contributed by atoms with E-state index in [1.807, 2.05) is 0 Å². The third-order valence-electron chi connectivity index (χ3n) is 2.84. The average Bonchev–Trinajstić information content (AvgIpc) is 2.26. The molecule has 0 aliphatic heterocycles. The van der Waals surface area contributed by atoms with Crippen molar-refractivity contribution in [1.82, 2.24) is 5.32 Å². The van der Waals surface area contributed by atoms with Crippen LogP contribution in [0.25, 0.3) is 0 Å². The van der Waals surface area contributed by atoms with E-state index < -0.39 is 5.60 Å². The van der Waals surface area contributed by atoms with E-state index >= 15 is 0 Å². The van der Waals surface area contributed by atoms with Crippen LogP contribution in [0, 0.1) is 5.92 Å². The fourth-order valence-corrected chi connectivity index (χ4v) is 1.48. The number of amides is 1. The average molecular weight is 231 g/mol. The van der Waals surface area contributed by atoms with E-state index in [4.69, 9.17) is 9.84 Å². The second-order valence-corrected chi connectivity index (χ2v) is 4.59. The first-order valence-electron chi connectivity index (χ1n) is 5.92. The van der Waals surface area contributed by atoms with Gasteiger partial charge in [0.2, 0.25) is 0 Å². The number of aliphatic hydroxyl groups is 1. The van der Waals surface area contributed by atoms with Crippen LogP contribution >= 0.6 is 0 Å². The summed E-state index contributed by atoms with van der Waals surface area (Å²) in [6, 6.07) is 0. The molecular weight excluding hydrogens is 206 g/mol. The van der Waals surface area contributed by atoms with Crippen LogP contribution in [0.2, 0.25) is 0 Å². The molecule has 1 amide bonds. The second kappa shape index (κ2) is 7.63. The van der Waals surface area contributed by atoms with E-state index in [1.54, 1.807) is 13.8 Å². The van der Waals surface area contributed by atoms with Crippen molar-refractivity contribution in [3.63, 3.8) is 0 Å². The smallest absolute Gasteiger partial charge is 0.251 e. The number of hydrogen-bond donors (Lipinski definition) is 2. The van der Waals surface area contributed by atoms with Crippen LogP contribution in [0.5, 0.6) is 0 Å². The number of aliphatic hydroxyl groups excluding tert-OH is 1. The van der Waals surface area contributed by atoms with E-state index in [-0.39, 0.29) is 12.5 Å². The van der Waals surface area contributed by atoms with Crippen molar-refractivity contribution < 1.29 is 14.6 Å². The van der Waals surface area contributed by atoms with Crippen molar-refractivity contribution in [1.29, 1.82) is 0 Å². The van der Waals surface area contributed by atoms with Crippen molar-refractivity contribution in [2.24, 2.45) is 5.92 Å². The standard InChI is InChI=1S/C12H25NO3/c1-5-6-10(7-8-14)9-13-11(15)12(2,3)16-4/h10,14H,5-9H2,1-4H3,(H,13,15). The SMILES string of the molecule is CCCC(CCO)CNC(=O)C(C)(C)OC. The van der Waals surface area contributed by atoms with Crippen molar-refractivity contribution in [2.45, 2.75) is 45.6 Å². The molecule has 96 valence electrons. The summed E-state index contributed by atoms with van der Waals surface area (Å²) in [5.74, 6) is 0.251. The summed E-state index contributed by atoms with van der Waals surface area (Å²) in [4.78, 5) is 11.7. The highest BCUT2D eigenvalue weighted by molar-refractivity contribution is 5.84. The van der Waals surface area contributed by atoms with Crippen LogP contribution in [0.1, 0.15) is 40.0 Å². The quantitative estimate of drug-likeness (QED) is 0.662. The summed E-state index contributed by atoms with van der Waals surface area (Å²) in [6.45, 7) is 6.37. The Balaban J connectivity index is 4.04. The third kappa shape index (κ3) is 5.47.